The summed E-state index contributed by atoms with van der Waals surface area (Å²) in [5.74, 6) is 0.164. The van der Waals surface area contributed by atoms with Gasteiger partial charge in [-0.05, 0) is 60.5 Å². The molecule has 0 amide bonds. The molecule has 144 valence electrons. The number of aliphatic imine (C=N–C) groups is 1. The molecule has 0 spiro atoms. The fourth-order valence-electron chi connectivity index (χ4n) is 2.83. The molecule has 3 aromatic carbocycles. The summed E-state index contributed by atoms with van der Waals surface area (Å²) in [5.41, 5.74) is 3.73. The number of esters is 1. The fourth-order valence-corrected chi connectivity index (χ4v) is 2.83. The molecule has 3 aromatic rings. The molecule has 0 fully saturated rings. The first-order valence-electron chi connectivity index (χ1n) is 9.14. The molecule has 0 saturated carbocycles. The monoisotopic (exact) mass is 387 g/mol. The molecule has 0 aliphatic carbocycles. The molecule has 4 rings (SSSR count). The van der Waals surface area contributed by atoms with Gasteiger partial charge in [0.05, 0.1) is 0 Å². The minimum atomic E-state index is -0.488. The Labute approximate surface area is 167 Å². The molecule has 0 unspecified atom stereocenters. The van der Waals surface area contributed by atoms with Crippen molar-refractivity contribution in [2.24, 2.45) is 4.99 Å². The number of cyclic esters (lactones) is 1. The van der Waals surface area contributed by atoms with Gasteiger partial charge in [-0.15, -0.1) is 0 Å². The van der Waals surface area contributed by atoms with E-state index in [0.29, 0.717) is 18.3 Å². The molecule has 5 heteroatoms. The zero-order chi connectivity index (χ0) is 20.2. The van der Waals surface area contributed by atoms with Crippen molar-refractivity contribution in [2.75, 3.05) is 0 Å². The van der Waals surface area contributed by atoms with Crippen molar-refractivity contribution in [2.45, 2.75) is 13.5 Å². The second-order valence-corrected chi connectivity index (χ2v) is 6.69. The van der Waals surface area contributed by atoms with E-state index in [0.717, 1.165) is 22.3 Å². The van der Waals surface area contributed by atoms with Crippen molar-refractivity contribution in [1.82, 2.24) is 0 Å². The van der Waals surface area contributed by atoms with Crippen molar-refractivity contribution >= 4 is 17.9 Å². The number of carbonyl (C=O) groups is 1. The summed E-state index contributed by atoms with van der Waals surface area (Å²) in [6.45, 7) is 2.31. The molecule has 0 N–H and O–H groups in total. The van der Waals surface area contributed by atoms with E-state index in [-0.39, 0.29) is 11.5 Å². The van der Waals surface area contributed by atoms with Crippen LogP contribution in [-0.2, 0) is 16.1 Å². The molecule has 0 saturated heterocycles. The Morgan fingerprint density at radius 1 is 1.03 bits per heavy atom. The first-order valence-corrected chi connectivity index (χ1v) is 9.14. The van der Waals surface area contributed by atoms with E-state index in [9.17, 15) is 9.18 Å². The molecule has 0 aromatic heterocycles. The van der Waals surface area contributed by atoms with E-state index < -0.39 is 5.97 Å². The summed E-state index contributed by atoms with van der Waals surface area (Å²) in [4.78, 5) is 16.5. The molecular weight excluding hydrogens is 369 g/mol. The Bertz CT molecular complexity index is 1100. The third kappa shape index (κ3) is 4.58. The number of halogens is 1. The van der Waals surface area contributed by atoms with Gasteiger partial charge >= 0.3 is 5.97 Å². The lowest BCUT2D eigenvalue weighted by Crippen LogP contribution is -2.05. The number of aryl methyl sites for hydroxylation is 1. The SMILES string of the molecule is Cc1ccc(C2=N/C(=C/c3cccc(OCc4ccc(F)cc4)c3)C(=O)O2)cc1. The van der Waals surface area contributed by atoms with E-state index in [2.05, 4.69) is 4.99 Å². The largest absolute Gasteiger partial charge is 0.489 e. The zero-order valence-corrected chi connectivity index (χ0v) is 15.8. The minimum absolute atomic E-state index is 0.233. The van der Waals surface area contributed by atoms with Gasteiger partial charge in [0.25, 0.3) is 0 Å². The minimum Gasteiger partial charge on any atom is -0.489 e. The molecule has 4 nitrogen and oxygen atoms in total. The normalized spacial score (nSPS) is 14.6. The quantitative estimate of drug-likeness (QED) is 0.454. The Morgan fingerprint density at radius 3 is 2.55 bits per heavy atom. The van der Waals surface area contributed by atoms with Crippen molar-refractivity contribution in [3.8, 4) is 5.75 Å². The smallest absolute Gasteiger partial charge is 0.363 e. The van der Waals surface area contributed by atoms with Gasteiger partial charge in [0, 0.05) is 5.56 Å². The van der Waals surface area contributed by atoms with Gasteiger partial charge in [-0.2, -0.15) is 0 Å². The van der Waals surface area contributed by atoms with E-state index in [1.54, 1.807) is 18.2 Å². The summed E-state index contributed by atoms with van der Waals surface area (Å²) in [7, 11) is 0. The number of carbonyl (C=O) groups excluding carboxylic acids is 1. The molecule has 1 heterocycles. The van der Waals surface area contributed by atoms with Crippen LogP contribution in [0.4, 0.5) is 4.39 Å². The van der Waals surface area contributed by atoms with Crippen LogP contribution in [0.15, 0.2) is 83.5 Å². The zero-order valence-electron chi connectivity index (χ0n) is 15.8. The molecular formula is C24H18FNO3. The van der Waals surface area contributed by atoms with Gasteiger partial charge in [-0.3, -0.25) is 0 Å². The van der Waals surface area contributed by atoms with Gasteiger partial charge in [-0.25, -0.2) is 14.2 Å². The Kier molecular flexibility index (Phi) is 5.20. The highest BCUT2D eigenvalue weighted by Crippen LogP contribution is 2.22. The Hall–Kier alpha value is -3.73. The van der Waals surface area contributed by atoms with Crippen LogP contribution in [0, 0.1) is 12.7 Å². The van der Waals surface area contributed by atoms with E-state index in [1.807, 2.05) is 55.5 Å². The second-order valence-electron chi connectivity index (χ2n) is 6.69. The van der Waals surface area contributed by atoms with Gasteiger partial charge < -0.3 is 9.47 Å². The number of benzene rings is 3. The molecule has 1 aliphatic heterocycles. The van der Waals surface area contributed by atoms with Crippen LogP contribution in [0.5, 0.6) is 5.75 Å². The fraction of sp³-hybridized carbons (Fsp3) is 0.0833. The number of ether oxygens (including phenoxy) is 2. The average Bonchev–Trinajstić information content (AvgIpc) is 3.09. The predicted molar refractivity (Wildman–Crippen MR) is 109 cm³/mol. The standard InChI is InChI=1S/C24H18FNO3/c1-16-5-9-19(10-6-16)23-26-22(24(27)29-23)14-18-3-2-4-21(13-18)28-15-17-7-11-20(25)12-8-17/h2-14H,15H2,1H3/b22-14+. The van der Waals surface area contributed by atoms with Crippen LogP contribution in [0.1, 0.15) is 22.3 Å². The lowest BCUT2D eigenvalue weighted by atomic mass is 10.1. The third-order valence-electron chi connectivity index (χ3n) is 4.40. The number of nitrogens with zero attached hydrogens (tertiary/aromatic N) is 1. The van der Waals surface area contributed by atoms with Gasteiger partial charge in [0.15, 0.2) is 5.70 Å². The van der Waals surface area contributed by atoms with Crippen LogP contribution in [0.3, 0.4) is 0 Å². The van der Waals surface area contributed by atoms with Crippen LogP contribution in [0.2, 0.25) is 0 Å². The summed E-state index contributed by atoms with van der Waals surface area (Å²) >= 11 is 0. The van der Waals surface area contributed by atoms with Gasteiger partial charge in [-0.1, -0.05) is 42.0 Å². The maximum atomic E-state index is 13.0. The maximum absolute atomic E-state index is 13.0. The first-order chi connectivity index (χ1) is 14.1. The van der Waals surface area contributed by atoms with Gasteiger partial charge in [0.2, 0.25) is 5.90 Å². The topological polar surface area (TPSA) is 47.9 Å². The lowest BCUT2D eigenvalue weighted by molar-refractivity contribution is -0.129. The van der Waals surface area contributed by atoms with Crippen LogP contribution >= 0.6 is 0 Å². The molecule has 0 bridgehead atoms. The highest BCUT2D eigenvalue weighted by Gasteiger charge is 2.24. The number of hydrogen-bond donors (Lipinski definition) is 0. The van der Waals surface area contributed by atoms with E-state index >= 15 is 0 Å². The summed E-state index contributed by atoms with van der Waals surface area (Å²) < 4.78 is 24.0. The van der Waals surface area contributed by atoms with E-state index in [1.165, 1.54) is 12.1 Å². The second kappa shape index (κ2) is 8.10. The van der Waals surface area contributed by atoms with Crippen molar-refractivity contribution in [3.05, 3.63) is 107 Å². The Morgan fingerprint density at radius 2 is 1.79 bits per heavy atom. The first kappa shape index (κ1) is 18.6. The molecule has 0 atom stereocenters. The van der Waals surface area contributed by atoms with Crippen molar-refractivity contribution in [1.29, 1.82) is 0 Å². The van der Waals surface area contributed by atoms with Crippen LogP contribution in [0.25, 0.3) is 6.08 Å². The Balaban J connectivity index is 1.50. The summed E-state index contributed by atoms with van der Waals surface area (Å²) in [6.07, 6.45) is 1.66. The lowest BCUT2D eigenvalue weighted by Gasteiger charge is -2.07. The summed E-state index contributed by atoms with van der Waals surface area (Å²) in [5, 5.41) is 0. The third-order valence-corrected chi connectivity index (χ3v) is 4.40. The average molecular weight is 387 g/mol. The van der Waals surface area contributed by atoms with Crippen molar-refractivity contribution < 1.29 is 18.7 Å². The molecule has 29 heavy (non-hydrogen) atoms. The molecule has 1 aliphatic rings. The highest BCUT2D eigenvalue weighted by atomic mass is 19.1. The predicted octanol–water partition coefficient (Wildman–Crippen LogP) is 5.06. The van der Waals surface area contributed by atoms with E-state index in [4.69, 9.17) is 9.47 Å². The molecule has 0 radical (unpaired) electrons. The van der Waals surface area contributed by atoms with Crippen LogP contribution < -0.4 is 4.74 Å². The maximum Gasteiger partial charge on any atom is 0.363 e. The van der Waals surface area contributed by atoms with Gasteiger partial charge in [0.1, 0.15) is 18.2 Å². The summed E-state index contributed by atoms with van der Waals surface area (Å²) in [6, 6.07) is 21.1. The van der Waals surface area contributed by atoms with Crippen molar-refractivity contribution in [3.63, 3.8) is 0 Å². The highest BCUT2D eigenvalue weighted by molar-refractivity contribution is 6.12. The number of hydrogen-bond acceptors (Lipinski definition) is 4. The number of rotatable bonds is 5. The van der Waals surface area contributed by atoms with Crippen LogP contribution in [-0.4, -0.2) is 11.9 Å².